The summed E-state index contributed by atoms with van der Waals surface area (Å²) in [6, 6.07) is 8.67. The maximum absolute atomic E-state index is 12.0. The summed E-state index contributed by atoms with van der Waals surface area (Å²) < 4.78 is 5.24. The zero-order valence-corrected chi connectivity index (χ0v) is 15.2. The lowest BCUT2D eigenvalue weighted by molar-refractivity contribution is -0.124. The molecule has 0 saturated carbocycles. The first-order valence-electron chi connectivity index (χ1n) is 8.95. The normalized spacial score (nSPS) is 17.5. The molecule has 0 aromatic heterocycles. The first kappa shape index (κ1) is 18.9. The molecular weight excluding hydrogens is 302 g/mol. The van der Waals surface area contributed by atoms with Crippen molar-refractivity contribution in [3.05, 3.63) is 35.4 Å². The average molecular weight is 333 g/mol. The van der Waals surface area contributed by atoms with Crippen molar-refractivity contribution < 1.29 is 14.6 Å². The van der Waals surface area contributed by atoms with Crippen LogP contribution in [-0.2, 0) is 21.4 Å². The van der Waals surface area contributed by atoms with Crippen molar-refractivity contribution in [1.82, 2.24) is 5.32 Å². The number of aryl methyl sites for hydroxylation is 1. The van der Waals surface area contributed by atoms with E-state index in [1.54, 1.807) is 0 Å². The molecule has 4 nitrogen and oxygen atoms in total. The Balaban J connectivity index is 1.69. The molecule has 0 atom stereocenters. The van der Waals surface area contributed by atoms with Gasteiger partial charge in [-0.1, -0.05) is 45.0 Å². The van der Waals surface area contributed by atoms with Crippen molar-refractivity contribution in [2.24, 2.45) is 0 Å². The van der Waals surface area contributed by atoms with Gasteiger partial charge < -0.3 is 15.2 Å². The van der Waals surface area contributed by atoms with Gasteiger partial charge in [0.2, 0.25) is 5.91 Å². The molecule has 1 saturated heterocycles. The molecule has 134 valence electrons. The molecular formula is C20H31NO3. The van der Waals surface area contributed by atoms with Gasteiger partial charge in [-0.3, -0.25) is 4.79 Å². The van der Waals surface area contributed by atoms with E-state index in [9.17, 15) is 9.90 Å². The van der Waals surface area contributed by atoms with E-state index < -0.39 is 5.60 Å². The largest absolute Gasteiger partial charge is 0.388 e. The Morgan fingerprint density at radius 1 is 1.21 bits per heavy atom. The SMILES string of the molecule is CC(C)(C)c1ccc(CCCC(=O)NCC2(O)CCOCC2)cc1. The highest BCUT2D eigenvalue weighted by Gasteiger charge is 2.29. The average Bonchev–Trinajstić information content (AvgIpc) is 2.53. The molecule has 1 aliphatic rings. The van der Waals surface area contributed by atoms with Crippen LogP contribution in [0.25, 0.3) is 0 Å². The number of hydrogen-bond donors (Lipinski definition) is 2. The first-order valence-corrected chi connectivity index (χ1v) is 8.95. The monoisotopic (exact) mass is 333 g/mol. The minimum Gasteiger partial charge on any atom is -0.388 e. The third-order valence-electron chi connectivity index (χ3n) is 4.73. The number of amides is 1. The lowest BCUT2D eigenvalue weighted by atomic mass is 9.86. The molecule has 1 aromatic carbocycles. The molecule has 0 radical (unpaired) electrons. The Bertz CT molecular complexity index is 525. The Morgan fingerprint density at radius 3 is 2.42 bits per heavy atom. The molecule has 1 aliphatic heterocycles. The van der Waals surface area contributed by atoms with Crippen LogP contribution in [0.15, 0.2) is 24.3 Å². The van der Waals surface area contributed by atoms with Gasteiger partial charge in [0.05, 0.1) is 5.60 Å². The Morgan fingerprint density at radius 2 is 1.83 bits per heavy atom. The molecule has 0 spiro atoms. The molecule has 4 heteroatoms. The van der Waals surface area contributed by atoms with Crippen LogP contribution in [-0.4, -0.2) is 36.4 Å². The fourth-order valence-corrected chi connectivity index (χ4v) is 2.90. The van der Waals surface area contributed by atoms with Crippen LogP contribution in [0.4, 0.5) is 0 Å². The van der Waals surface area contributed by atoms with E-state index in [0.29, 0.717) is 39.0 Å². The predicted molar refractivity (Wildman–Crippen MR) is 96.1 cm³/mol. The molecule has 1 heterocycles. The van der Waals surface area contributed by atoms with Crippen molar-refractivity contribution in [3.8, 4) is 0 Å². The summed E-state index contributed by atoms with van der Waals surface area (Å²) in [7, 11) is 0. The van der Waals surface area contributed by atoms with Crippen molar-refractivity contribution in [2.45, 2.75) is 63.9 Å². The van der Waals surface area contributed by atoms with Crippen molar-refractivity contribution in [3.63, 3.8) is 0 Å². The van der Waals surface area contributed by atoms with Crippen molar-refractivity contribution >= 4 is 5.91 Å². The third kappa shape index (κ3) is 5.91. The molecule has 0 unspecified atom stereocenters. The first-order chi connectivity index (χ1) is 11.3. The fourth-order valence-electron chi connectivity index (χ4n) is 2.90. The minimum atomic E-state index is -0.795. The summed E-state index contributed by atoms with van der Waals surface area (Å²) in [4.78, 5) is 12.0. The zero-order chi connectivity index (χ0) is 17.6. The van der Waals surface area contributed by atoms with Crippen LogP contribution in [0.5, 0.6) is 0 Å². The number of carbonyl (C=O) groups is 1. The lowest BCUT2D eigenvalue weighted by Crippen LogP contribution is -2.46. The van der Waals surface area contributed by atoms with E-state index in [0.717, 1.165) is 12.8 Å². The second kappa shape index (κ2) is 8.13. The number of carbonyl (C=O) groups excluding carboxylic acids is 1. The van der Waals surface area contributed by atoms with Crippen LogP contribution in [0.1, 0.15) is 57.6 Å². The van der Waals surface area contributed by atoms with Gasteiger partial charge in [0.25, 0.3) is 0 Å². The molecule has 2 rings (SSSR count). The summed E-state index contributed by atoms with van der Waals surface area (Å²) in [5, 5.41) is 13.2. The number of nitrogens with one attached hydrogen (secondary N) is 1. The number of benzene rings is 1. The van der Waals surface area contributed by atoms with E-state index in [1.165, 1.54) is 11.1 Å². The Hall–Kier alpha value is -1.39. The summed E-state index contributed by atoms with van der Waals surface area (Å²) in [6.07, 6.45) is 3.40. The number of hydrogen-bond acceptors (Lipinski definition) is 3. The number of ether oxygens (including phenoxy) is 1. The highest BCUT2D eigenvalue weighted by molar-refractivity contribution is 5.75. The molecule has 1 fully saturated rings. The zero-order valence-electron chi connectivity index (χ0n) is 15.2. The standard InChI is InChI=1S/C20H31NO3/c1-19(2,3)17-9-7-16(8-10-17)5-4-6-18(22)21-15-20(23)11-13-24-14-12-20/h7-10,23H,4-6,11-15H2,1-3H3,(H,21,22). The van der Waals surface area contributed by atoms with Crippen molar-refractivity contribution in [1.29, 1.82) is 0 Å². The molecule has 0 bridgehead atoms. The van der Waals surface area contributed by atoms with Gasteiger partial charge in [0, 0.05) is 39.0 Å². The lowest BCUT2D eigenvalue weighted by Gasteiger charge is -2.32. The maximum atomic E-state index is 12.0. The molecule has 1 aromatic rings. The van der Waals surface area contributed by atoms with Crippen LogP contribution < -0.4 is 5.32 Å². The predicted octanol–water partition coefficient (Wildman–Crippen LogP) is 2.96. The van der Waals surface area contributed by atoms with Crippen LogP contribution in [0.2, 0.25) is 0 Å². The van der Waals surface area contributed by atoms with Gasteiger partial charge in [-0.25, -0.2) is 0 Å². The summed E-state index contributed by atoms with van der Waals surface area (Å²) in [6.45, 7) is 8.08. The quantitative estimate of drug-likeness (QED) is 0.841. The van der Waals surface area contributed by atoms with Gasteiger partial charge in [-0.15, -0.1) is 0 Å². The van der Waals surface area contributed by atoms with E-state index in [2.05, 4.69) is 50.4 Å². The Kier molecular flexibility index (Phi) is 6.41. The molecule has 2 N–H and O–H groups in total. The highest BCUT2D eigenvalue weighted by Crippen LogP contribution is 2.22. The number of rotatable bonds is 6. The second-order valence-electron chi connectivity index (χ2n) is 7.91. The van der Waals surface area contributed by atoms with E-state index in [4.69, 9.17) is 4.74 Å². The van der Waals surface area contributed by atoms with Gasteiger partial charge in [0.1, 0.15) is 0 Å². The number of aliphatic hydroxyl groups is 1. The highest BCUT2D eigenvalue weighted by atomic mass is 16.5. The van der Waals surface area contributed by atoms with Crippen LogP contribution >= 0.6 is 0 Å². The third-order valence-corrected chi connectivity index (χ3v) is 4.73. The van der Waals surface area contributed by atoms with Crippen LogP contribution in [0, 0.1) is 0 Å². The van der Waals surface area contributed by atoms with E-state index in [-0.39, 0.29) is 11.3 Å². The summed E-state index contributed by atoms with van der Waals surface area (Å²) >= 11 is 0. The maximum Gasteiger partial charge on any atom is 0.220 e. The van der Waals surface area contributed by atoms with E-state index >= 15 is 0 Å². The van der Waals surface area contributed by atoms with Gasteiger partial charge in [-0.05, 0) is 29.4 Å². The Labute approximate surface area is 145 Å². The van der Waals surface area contributed by atoms with Gasteiger partial charge in [0.15, 0.2) is 0 Å². The minimum absolute atomic E-state index is 0.0150. The summed E-state index contributed by atoms with van der Waals surface area (Å²) in [5.74, 6) is 0.0150. The van der Waals surface area contributed by atoms with Crippen LogP contribution in [0.3, 0.4) is 0 Å². The second-order valence-corrected chi connectivity index (χ2v) is 7.91. The van der Waals surface area contributed by atoms with Gasteiger partial charge in [-0.2, -0.15) is 0 Å². The smallest absolute Gasteiger partial charge is 0.220 e. The summed E-state index contributed by atoms with van der Waals surface area (Å²) in [5.41, 5.74) is 1.96. The molecule has 24 heavy (non-hydrogen) atoms. The van der Waals surface area contributed by atoms with Crippen molar-refractivity contribution in [2.75, 3.05) is 19.8 Å². The fraction of sp³-hybridized carbons (Fsp3) is 0.650. The van der Waals surface area contributed by atoms with E-state index in [1.807, 2.05) is 0 Å². The topological polar surface area (TPSA) is 58.6 Å². The molecule has 1 amide bonds. The van der Waals surface area contributed by atoms with Gasteiger partial charge >= 0.3 is 0 Å². The molecule has 0 aliphatic carbocycles.